The number of nitrogens with one attached hydrogen (secondary N) is 1. The van der Waals surface area contributed by atoms with Crippen LogP contribution in [0, 0.1) is 0 Å². The highest BCUT2D eigenvalue weighted by molar-refractivity contribution is 5.70. The molecule has 7 nitrogen and oxygen atoms in total. The summed E-state index contributed by atoms with van der Waals surface area (Å²) in [5, 5.41) is 16.5. The van der Waals surface area contributed by atoms with Gasteiger partial charge in [-0.25, -0.2) is 4.79 Å². The fourth-order valence-electron chi connectivity index (χ4n) is 3.16. The van der Waals surface area contributed by atoms with Gasteiger partial charge in [0.15, 0.2) is 0 Å². The standard InChI is InChI=1S/C25H31N3O4/c1-25(2,3)32-24(30)26-12-13-28-17-21(16-27-28)22-15-19(11-14-29)9-10-23(22)31-18-20-7-5-4-6-8-20/h4-10,15-17,29H,11-14,18H2,1-3H3,(H,26,30). The minimum absolute atomic E-state index is 0.0826. The number of benzene rings is 2. The second-order valence-corrected chi connectivity index (χ2v) is 8.50. The lowest BCUT2D eigenvalue weighted by Gasteiger charge is -2.19. The van der Waals surface area contributed by atoms with Crippen molar-refractivity contribution in [3.8, 4) is 16.9 Å². The maximum Gasteiger partial charge on any atom is 0.407 e. The van der Waals surface area contributed by atoms with Crippen LogP contribution in [-0.2, 0) is 24.3 Å². The Kier molecular flexibility index (Phi) is 7.89. The van der Waals surface area contributed by atoms with E-state index in [2.05, 4.69) is 10.4 Å². The van der Waals surface area contributed by atoms with Gasteiger partial charge in [-0.05, 0) is 50.5 Å². The molecule has 0 radical (unpaired) electrons. The third-order valence-electron chi connectivity index (χ3n) is 4.63. The quantitative estimate of drug-likeness (QED) is 0.524. The van der Waals surface area contributed by atoms with E-state index < -0.39 is 11.7 Å². The highest BCUT2D eigenvalue weighted by Gasteiger charge is 2.16. The number of hydrogen-bond donors (Lipinski definition) is 2. The molecular weight excluding hydrogens is 406 g/mol. The maximum atomic E-state index is 11.8. The average Bonchev–Trinajstić information content (AvgIpc) is 3.21. The molecule has 0 bridgehead atoms. The molecule has 1 amide bonds. The van der Waals surface area contributed by atoms with Crippen molar-refractivity contribution < 1.29 is 19.4 Å². The summed E-state index contributed by atoms with van der Waals surface area (Å²) in [4.78, 5) is 11.8. The number of alkyl carbamates (subject to hydrolysis) is 1. The van der Waals surface area contributed by atoms with Crippen LogP contribution in [0.3, 0.4) is 0 Å². The Balaban J connectivity index is 1.69. The predicted octanol–water partition coefficient (Wildman–Crippen LogP) is 4.19. The first-order valence-corrected chi connectivity index (χ1v) is 10.7. The fraction of sp³-hybridized carbons (Fsp3) is 0.360. The third kappa shape index (κ3) is 7.13. The molecule has 32 heavy (non-hydrogen) atoms. The minimum atomic E-state index is -0.529. The molecule has 0 fully saturated rings. The Hall–Kier alpha value is -3.32. The van der Waals surface area contributed by atoms with Crippen molar-refractivity contribution in [3.05, 3.63) is 72.1 Å². The lowest BCUT2D eigenvalue weighted by Crippen LogP contribution is -2.34. The zero-order chi connectivity index (χ0) is 23.0. The van der Waals surface area contributed by atoms with Crippen molar-refractivity contribution in [2.45, 2.75) is 45.9 Å². The molecule has 2 N–H and O–H groups in total. The monoisotopic (exact) mass is 437 g/mol. The number of amides is 1. The number of carbonyl (C=O) groups is 1. The van der Waals surface area contributed by atoms with Crippen molar-refractivity contribution in [3.63, 3.8) is 0 Å². The average molecular weight is 438 g/mol. The largest absolute Gasteiger partial charge is 0.488 e. The second-order valence-electron chi connectivity index (χ2n) is 8.50. The molecule has 0 aliphatic carbocycles. The van der Waals surface area contributed by atoms with Gasteiger partial charge >= 0.3 is 6.09 Å². The molecule has 0 saturated heterocycles. The summed E-state index contributed by atoms with van der Waals surface area (Å²) in [6.45, 7) is 6.94. The summed E-state index contributed by atoms with van der Waals surface area (Å²) in [7, 11) is 0. The molecule has 7 heteroatoms. The summed E-state index contributed by atoms with van der Waals surface area (Å²) >= 11 is 0. The van der Waals surface area contributed by atoms with Gasteiger partial charge in [0.25, 0.3) is 0 Å². The Morgan fingerprint density at radius 2 is 1.91 bits per heavy atom. The lowest BCUT2D eigenvalue weighted by molar-refractivity contribution is 0.0525. The van der Waals surface area contributed by atoms with Crippen LogP contribution in [0.15, 0.2) is 60.9 Å². The highest BCUT2D eigenvalue weighted by Crippen LogP contribution is 2.31. The Morgan fingerprint density at radius 3 is 2.62 bits per heavy atom. The van der Waals surface area contributed by atoms with E-state index in [1.54, 1.807) is 10.9 Å². The molecule has 3 aromatic rings. The number of hydrogen-bond acceptors (Lipinski definition) is 5. The van der Waals surface area contributed by atoms with Crippen molar-refractivity contribution >= 4 is 6.09 Å². The molecule has 0 aliphatic rings. The Bertz CT molecular complexity index is 1010. The van der Waals surface area contributed by atoms with Crippen molar-refractivity contribution in [1.29, 1.82) is 0 Å². The molecule has 0 saturated carbocycles. The predicted molar refractivity (Wildman–Crippen MR) is 123 cm³/mol. The van der Waals surface area contributed by atoms with Gasteiger partial charge in [-0.15, -0.1) is 0 Å². The smallest absolute Gasteiger partial charge is 0.407 e. The van der Waals surface area contributed by atoms with E-state index in [1.807, 2.05) is 75.5 Å². The minimum Gasteiger partial charge on any atom is -0.488 e. The van der Waals surface area contributed by atoms with Crippen molar-refractivity contribution in [2.75, 3.05) is 13.2 Å². The third-order valence-corrected chi connectivity index (χ3v) is 4.63. The first-order valence-electron chi connectivity index (χ1n) is 10.7. The summed E-state index contributed by atoms with van der Waals surface area (Å²) in [5.41, 5.74) is 3.40. The van der Waals surface area contributed by atoms with E-state index >= 15 is 0 Å². The molecule has 0 atom stereocenters. The number of aliphatic hydroxyl groups is 1. The van der Waals surface area contributed by atoms with Gasteiger partial charge in [0.05, 0.1) is 12.7 Å². The number of aliphatic hydroxyl groups excluding tert-OH is 1. The van der Waals surface area contributed by atoms with Crippen LogP contribution in [0.2, 0.25) is 0 Å². The van der Waals surface area contributed by atoms with E-state index in [0.717, 1.165) is 28.0 Å². The number of ether oxygens (including phenoxy) is 2. The van der Waals surface area contributed by atoms with Gasteiger partial charge in [0.2, 0.25) is 0 Å². The molecule has 0 aliphatic heterocycles. The lowest BCUT2D eigenvalue weighted by atomic mass is 10.0. The van der Waals surface area contributed by atoms with Crippen LogP contribution < -0.4 is 10.1 Å². The van der Waals surface area contributed by atoms with Crippen LogP contribution in [0.5, 0.6) is 5.75 Å². The summed E-state index contributed by atoms with van der Waals surface area (Å²) in [6.07, 6.45) is 3.82. The Morgan fingerprint density at radius 1 is 1.12 bits per heavy atom. The molecule has 0 unspecified atom stereocenters. The molecule has 170 valence electrons. The van der Waals surface area contributed by atoms with Crippen molar-refractivity contribution in [2.24, 2.45) is 0 Å². The highest BCUT2D eigenvalue weighted by atomic mass is 16.6. The molecule has 1 aromatic heterocycles. The van der Waals surface area contributed by atoms with Gasteiger partial charge in [0, 0.05) is 30.5 Å². The first kappa shape index (κ1) is 23.3. The fourth-order valence-corrected chi connectivity index (χ4v) is 3.16. The van der Waals surface area contributed by atoms with Crippen molar-refractivity contribution in [1.82, 2.24) is 15.1 Å². The SMILES string of the molecule is CC(C)(C)OC(=O)NCCn1cc(-c2cc(CCO)ccc2OCc2ccccc2)cn1. The second kappa shape index (κ2) is 10.8. The van der Waals surface area contributed by atoms with Crippen LogP contribution in [0.4, 0.5) is 4.79 Å². The van der Waals surface area contributed by atoms with E-state index in [0.29, 0.717) is 26.1 Å². The van der Waals surface area contributed by atoms with Crippen LogP contribution >= 0.6 is 0 Å². The van der Waals surface area contributed by atoms with Gasteiger partial charge in [-0.3, -0.25) is 4.68 Å². The maximum absolute atomic E-state index is 11.8. The number of carbonyl (C=O) groups excluding carboxylic acids is 1. The summed E-state index contributed by atoms with van der Waals surface area (Å²) in [5.74, 6) is 0.752. The van der Waals surface area contributed by atoms with Gasteiger partial charge in [-0.1, -0.05) is 36.4 Å². The van der Waals surface area contributed by atoms with E-state index in [1.165, 1.54) is 0 Å². The normalized spacial score (nSPS) is 11.2. The zero-order valence-corrected chi connectivity index (χ0v) is 18.9. The van der Waals surface area contributed by atoms with E-state index in [-0.39, 0.29) is 6.61 Å². The molecule has 0 spiro atoms. The number of rotatable bonds is 9. The molecule has 2 aromatic carbocycles. The van der Waals surface area contributed by atoms with Gasteiger partial charge < -0.3 is 19.9 Å². The van der Waals surface area contributed by atoms with Gasteiger partial charge in [-0.2, -0.15) is 5.10 Å². The zero-order valence-electron chi connectivity index (χ0n) is 18.9. The van der Waals surface area contributed by atoms with Crippen LogP contribution in [-0.4, -0.2) is 39.7 Å². The van der Waals surface area contributed by atoms with Gasteiger partial charge in [0.1, 0.15) is 18.0 Å². The summed E-state index contributed by atoms with van der Waals surface area (Å²) in [6, 6.07) is 15.9. The molecule has 3 rings (SSSR count). The molecule has 1 heterocycles. The van der Waals surface area contributed by atoms with Crippen LogP contribution in [0.25, 0.3) is 11.1 Å². The van der Waals surface area contributed by atoms with E-state index in [9.17, 15) is 9.90 Å². The van der Waals surface area contributed by atoms with Crippen LogP contribution in [0.1, 0.15) is 31.9 Å². The topological polar surface area (TPSA) is 85.6 Å². The van der Waals surface area contributed by atoms with E-state index in [4.69, 9.17) is 9.47 Å². The number of aromatic nitrogens is 2. The Labute approximate surface area is 189 Å². The number of nitrogens with zero attached hydrogens (tertiary/aromatic N) is 2. The first-order chi connectivity index (χ1) is 15.3. The molecular formula is C25H31N3O4. The summed E-state index contributed by atoms with van der Waals surface area (Å²) < 4.78 is 13.1.